The summed E-state index contributed by atoms with van der Waals surface area (Å²) in [6, 6.07) is 0. The molecule has 1 saturated carbocycles. The molecule has 1 fully saturated rings. The van der Waals surface area contributed by atoms with Gasteiger partial charge in [0.05, 0.1) is 0 Å². The van der Waals surface area contributed by atoms with Gasteiger partial charge in [-0.2, -0.15) is 11.8 Å². The maximum atomic E-state index is 2.39. The van der Waals surface area contributed by atoms with Crippen molar-refractivity contribution in [2.45, 2.75) is 37.9 Å². The molecule has 0 aromatic rings. The minimum Gasteiger partial charge on any atom is -0.162 e. The Morgan fingerprint density at radius 2 is 1.89 bits per heavy atom. The third-order valence-corrected chi connectivity index (χ3v) is 3.64. The number of rotatable bonds is 1. The predicted octanol–water partition coefficient (Wildman–Crippen LogP) is 2.93. The van der Waals surface area contributed by atoms with Crippen LogP contribution in [0.2, 0.25) is 0 Å². The van der Waals surface area contributed by atoms with Crippen molar-refractivity contribution in [3.05, 3.63) is 0 Å². The molecule has 54 valence electrons. The van der Waals surface area contributed by atoms with Crippen LogP contribution in [-0.4, -0.2) is 11.5 Å². The van der Waals surface area contributed by atoms with Crippen molar-refractivity contribution in [1.82, 2.24) is 0 Å². The van der Waals surface area contributed by atoms with E-state index in [1.54, 1.807) is 0 Å². The van der Waals surface area contributed by atoms with Gasteiger partial charge in [-0.05, 0) is 25.0 Å². The molecule has 0 spiro atoms. The Balaban J connectivity index is 2.30. The Kier molecular flexibility index (Phi) is 2.90. The zero-order valence-corrected chi connectivity index (χ0v) is 7.21. The summed E-state index contributed by atoms with van der Waals surface area (Å²) in [6.07, 6.45) is 8.11. The molecule has 0 heterocycles. The lowest BCUT2D eigenvalue weighted by atomic mass is 9.90. The maximum absolute atomic E-state index is 2.39. The molecule has 0 N–H and O–H groups in total. The summed E-state index contributed by atoms with van der Waals surface area (Å²) >= 11 is 2.05. The Morgan fingerprint density at radius 1 is 1.22 bits per heavy atom. The molecule has 1 heteroatoms. The predicted molar refractivity (Wildman–Crippen MR) is 44.9 cm³/mol. The van der Waals surface area contributed by atoms with E-state index in [-0.39, 0.29) is 0 Å². The molecule has 1 aliphatic rings. The molecule has 0 saturated heterocycles. The summed E-state index contributed by atoms with van der Waals surface area (Å²) in [5.74, 6) is 0.980. The van der Waals surface area contributed by atoms with Gasteiger partial charge in [0.15, 0.2) is 0 Å². The highest BCUT2D eigenvalue weighted by Gasteiger charge is 2.19. The molecule has 2 atom stereocenters. The number of hydrogen-bond donors (Lipinski definition) is 0. The van der Waals surface area contributed by atoms with Gasteiger partial charge in [-0.15, -0.1) is 0 Å². The van der Waals surface area contributed by atoms with Crippen LogP contribution in [0.15, 0.2) is 0 Å². The summed E-state index contributed by atoms with van der Waals surface area (Å²) in [4.78, 5) is 0. The molecule has 0 aromatic carbocycles. The molecule has 0 unspecified atom stereocenters. The summed E-state index contributed by atoms with van der Waals surface area (Å²) in [6.45, 7) is 2.39. The van der Waals surface area contributed by atoms with E-state index >= 15 is 0 Å². The average Bonchev–Trinajstić information content (AvgIpc) is 1.89. The van der Waals surface area contributed by atoms with Gasteiger partial charge < -0.3 is 0 Å². The third-order valence-electron chi connectivity index (χ3n) is 2.34. The quantitative estimate of drug-likeness (QED) is 0.545. The third kappa shape index (κ3) is 1.89. The summed E-state index contributed by atoms with van der Waals surface area (Å²) in [7, 11) is 0. The molecule has 9 heavy (non-hydrogen) atoms. The first-order chi connectivity index (χ1) is 4.34. The van der Waals surface area contributed by atoms with Gasteiger partial charge in [-0.3, -0.25) is 0 Å². The van der Waals surface area contributed by atoms with E-state index in [4.69, 9.17) is 0 Å². The van der Waals surface area contributed by atoms with Crippen molar-refractivity contribution >= 4 is 11.8 Å². The second-order valence-electron chi connectivity index (χ2n) is 3.04. The fraction of sp³-hybridized carbons (Fsp3) is 1.00. The van der Waals surface area contributed by atoms with E-state index in [0.29, 0.717) is 0 Å². The minimum absolute atomic E-state index is 0.971. The van der Waals surface area contributed by atoms with E-state index in [0.717, 1.165) is 11.2 Å². The van der Waals surface area contributed by atoms with Crippen molar-refractivity contribution in [2.75, 3.05) is 6.26 Å². The first kappa shape index (κ1) is 7.46. The lowest BCUT2D eigenvalue weighted by Crippen LogP contribution is -2.18. The van der Waals surface area contributed by atoms with Crippen molar-refractivity contribution in [1.29, 1.82) is 0 Å². The number of hydrogen-bond acceptors (Lipinski definition) is 1. The number of thioether (sulfide) groups is 1. The monoisotopic (exact) mass is 144 g/mol. The van der Waals surface area contributed by atoms with E-state index in [2.05, 4.69) is 24.9 Å². The molecule has 0 amide bonds. The normalized spacial score (nSPS) is 36.7. The van der Waals surface area contributed by atoms with Crippen LogP contribution in [0.25, 0.3) is 0 Å². The van der Waals surface area contributed by atoms with Gasteiger partial charge in [0.1, 0.15) is 0 Å². The van der Waals surface area contributed by atoms with Crippen molar-refractivity contribution in [3.8, 4) is 0 Å². The van der Waals surface area contributed by atoms with Gasteiger partial charge in [0, 0.05) is 5.25 Å². The highest BCUT2D eigenvalue weighted by atomic mass is 32.2. The van der Waals surface area contributed by atoms with Crippen LogP contribution in [0.1, 0.15) is 32.6 Å². The minimum atomic E-state index is 0.971. The van der Waals surface area contributed by atoms with Crippen LogP contribution in [0.3, 0.4) is 0 Å². The van der Waals surface area contributed by atoms with Crippen molar-refractivity contribution in [3.63, 3.8) is 0 Å². The summed E-state index contributed by atoms with van der Waals surface area (Å²) in [5, 5.41) is 0.971. The van der Waals surface area contributed by atoms with Crippen molar-refractivity contribution < 1.29 is 0 Å². The SMILES string of the molecule is CS[C@H]1CCCC[C@@H]1C. The van der Waals surface area contributed by atoms with Crippen LogP contribution in [0.4, 0.5) is 0 Å². The van der Waals surface area contributed by atoms with Crippen LogP contribution in [-0.2, 0) is 0 Å². The molecule has 0 aliphatic heterocycles. The second-order valence-corrected chi connectivity index (χ2v) is 4.11. The summed E-state index contributed by atoms with van der Waals surface area (Å²) < 4.78 is 0. The summed E-state index contributed by atoms with van der Waals surface area (Å²) in [5.41, 5.74) is 0. The molecule has 0 bridgehead atoms. The first-order valence-electron chi connectivity index (χ1n) is 3.87. The highest BCUT2D eigenvalue weighted by Crippen LogP contribution is 2.31. The zero-order chi connectivity index (χ0) is 6.69. The van der Waals surface area contributed by atoms with Gasteiger partial charge in [0.25, 0.3) is 0 Å². The standard InChI is InChI=1S/C8H16S/c1-7-5-3-4-6-8(7)9-2/h7-8H,3-6H2,1-2H3/t7-,8-/m0/s1. The molecule has 1 rings (SSSR count). The van der Waals surface area contributed by atoms with E-state index in [1.807, 2.05) is 0 Å². The average molecular weight is 144 g/mol. The fourth-order valence-corrected chi connectivity index (χ4v) is 2.64. The van der Waals surface area contributed by atoms with Crippen LogP contribution in [0.5, 0.6) is 0 Å². The smallest absolute Gasteiger partial charge is 0.00699 e. The Morgan fingerprint density at radius 3 is 2.33 bits per heavy atom. The van der Waals surface area contributed by atoms with Gasteiger partial charge >= 0.3 is 0 Å². The highest BCUT2D eigenvalue weighted by molar-refractivity contribution is 7.99. The zero-order valence-electron chi connectivity index (χ0n) is 6.39. The molecular formula is C8H16S. The lowest BCUT2D eigenvalue weighted by molar-refractivity contribution is 0.398. The molecule has 0 aromatic heterocycles. The lowest BCUT2D eigenvalue weighted by Gasteiger charge is -2.26. The van der Waals surface area contributed by atoms with Crippen LogP contribution in [0, 0.1) is 5.92 Å². The first-order valence-corrected chi connectivity index (χ1v) is 5.16. The van der Waals surface area contributed by atoms with Crippen LogP contribution < -0.4 is 0 Å². The molecular weight excluding hydrogens is 128 g/mol. The Labute approximate surface area is 62.4 Å². The molecule has 1 aliphatic carbocycles. The van der Waals surface area contributed by atoms with Gasteiger partial charge in [-0.25, -0.2) is 0 Å². The van der Waals surface area contributed by atoms with E-state index in [1.165, 1.54) is 25.7 Å². The van der Waals surface area contributed by atoms with Gasteiger partial charge in [0.2, 0.25) is 0 Å². The largest absolute Gasteiger partial charge is 0.162 e. The molecule has 0 radical (unpaired) electrons. The van der Waals surface area contributed by atoms with Gasteiger partial charge in [-0.1, -0.05) is 19.8 Å². The van der Waals surface area contributed by atoms with E-state index < -0.39 is 0 Å². The second kappa shape index (κ2) is 3.50. The van der Waals surface area contributed by atoms with Crippen LogP contribution >= 0.6 is 11.8 Å². The fourth-order valence-electron chi connectivity index (χ4n) is 1.63. The Bertz CT molecular complexity index is 80.6. The van der Waals surface area contributed by atoms with E-state index in [9.17, 15) is 0 Å². The topological polar surface area (TPSA) is 0 Å². The maximum Gasteiger partial charge on any atom is 0.00699 e. The molecule has 0 nitrogen and oxygen atoms in total. The Hall–Kier alpha value is 0.350. The van der Waals surface area contributed by atoms with Crippen molar-refractivity contribution in [2.24, 2.45) is 5.92 Å².